The predicted molar refractivity (Wildman–Crippen MR) is 135 cm³/mol. The molecule has 0 aromatic heterocycles. The van der Waals surface area contributed by atoms with Crippen molar-refractivity contribution in [3.05, 3.63) is 130 Å². The fraction of sp³-hybridized carbons (Fsp3) is 0.161. The number of benzene rings is 3. The molecule has 154 valence electrons. The van der Waals surface area contributed by atoms with Gasteiger partial charge in [-0.1, -0.05) is 105 Å². The minimum absolute atomic E-state index is 0.965. The Morgan fingerprint density at radius 3 is 2.39 bits per heavy atom. The Hall–Kier alpha value is -3.38. The Balaban J connectivity index is 1.61. The first kappa shape index (κ1) is 20.9. The van der Waals surface area contributed by atoms with Crippen molar-refractivity contribution in [2.45, 2.75) is 33.1 Å². The van der Waals surface area contributed by atoms with Gasteiger partial charge < -0.3 is 0 Å². The van der Waals surface area contributed by atoms with E-state index < -0.39 is 0 Å². The lowest BCUT2D eigenvalue weighted by atomic mass is 9.93. The Morgan fingerprint density at radius 2 is 1.61 bits per heavy atom. The molecule has 1 aliphatic carbocycles. The van der Waals surface area contributed by atoms with Crippen LogP contribution in [0.25, 0.3) is 23.3 Å². The Labute approximate surface area is 186 Å². The molecule has 0 atom stereocenters. The summed E-state index contributed by atoms with van der Waals surface area (Å²) < 4.78 is 0. The fourth-order valence-corrected chi connectivity index (χ4v) is 4.28. The standard InChI is InChI=1S/C31H30/c1-4-6-7-10-24-13-14-30-22-31(18-17-29(30)20-24)28-16-15-26(23(3)19-28)21-27-12-9-8-11-25(27)5-2/h4,6-12,14-20,22H,1,5,13,21H2,2-3H3/b7-6-,24-10+. The van der Waals surface area contributed by atoms with E-state index in [1.807, 2.05) is 6.08 Å². The molecule has 0 amide bonds. The highest BCUT2D eigenvalue weighted by Crippen LogP contribution is 2.24. The number of fused-ring (bicyclic) bond motifs is 1. The molecule has 1 aliphatic rings. The zero-order chi connectivity index (χ0) is 21.6. The van der Waals surface area contributed by atoms with E-state index in [1.165, 1.54) is 49.4 Å². The molecular weight excluding hydrogens is 372 g/mol. The average molecular weight is 403 g/mol. The minimum Gasteiger partial charge on any atom is -0.0991 e. The maximum Gasteiger partial charge on any atom is -0.00204 e. The van der Waals surface area contributed by atoms with Crippen molar-refractivity contribution in [2.75, 3.05) is 0 Å². The van der Waals surface area contributed by atoms with Gasteiger partial charge in [0, 0.05) is 0 Å². The molecule has 0 fully saturated rings. The Kier molecular flexibility index (Phi) is 6.48. The largest absolute Gasteiger partial charge is 0.0991 e. The topological polar surface area (TPSA) is 0 Å². The summed E-state index contributed by atoms with van der Waals surface area (Å²) in [6.45, 7) is 8.19. The molecule has 0 N–H and O–H groups in total. The summed E-state index contributed by atoms with van der Waals surface area (Å²) in [5.41, 5.74) is 9.54. The van der Waals surface area contributed by atoms with Crippen LogP contribution in [0.3, 0.4) is 0 Å². The lowest BCUT2D eigenvalue weighted by molar-refractivity contribution is 1.05. The molecule has 31 heavy (non-hydrogen) atoms. The normalized spacial score (nSPS) is 14.2. The SMILES string of the molecule is C=C/C=C\C=C1\C=c2ccc(-c3ccc(Cc4ccccc4CC)c(C)c3)cc2=CC1. The quantitative estimate of drug-likeness (QED) is 0.416. The van der Waals surface area contributed by atoms with Crippen molar-refractivity contribution in [1.82, 2.24) is 0 Å². The summed E-state index contributed by atoms with van der Waals surface area (Å²) in [6, 6.07) is 22.5. The van der Waals surface area contributed by atoms with Crippen molar-refractivity contribution in [2.24, 2.45) is 0 Å². The van der Waals surface area contributed by atoms with Gasteiger partial charge in [-0.15, -0.1) is 0 Å². The van der Waals surface area contributed by atoms with Gasteiger partial charge in [-0.05, 0) is 81.6 Å². The second-order valence-electron chi connectivity index (χ2n) is 8.20. The number of hydrogen-bond acceptors (Lipinski definition) is 0. The van der Waals surface area contributed by atoms with E-state index in [0.29, 0.717) is 0 Å². The van der Waals surface area contributed by atoms with Gasteiger partial charge in [0.25, 0.3) is 0 Å². The molecular formula is C31H30. The van der Waals surface area contributed by atoms with Crippen LogP contribution < -0.4 is 10.4 Å². The van der Waals surface area contributed by atoms with E-state index in [1.54, 1.807) is 6.08 Å². The molecule has 0 heteroatoms. The van der Waals surface area contributed by atoms with E-state index in [0.717, 1.165) is 19.3 Å². The highest BCUT2D eigenvalue weighted by Gasteiger charge is 2.07. The summed E-state index contributed by atoms with van der Waals surface area (Å²) in [4.78, 5) is 0. The zero-order valence-corrected chi connectivity index (χ0v) is 18.6. The van der Waals surface area contributed by atoms with Gasteiger partial charge in [0.05, 0.1) is 0 Å². The molecule has 0 aliphatic heterocycles. The van der Waals surface area contributed by atoms with Crippen molar-refractivity contribution in [3.8, 4) is 11.1 Å². The third-order valence-electron chi connectivity index (χ3n) is 6.10. The predicted octanol–water partition coefficient (Wildman–Crippen LogP) is 6.45. The van der Waals surface area contributed by atoms with Crippen molar-refractivity contribution < 1.29 is 0 Å². The second-order valence-corrected chi connectivity index (χ2v) is 8.20. The van der Waals surface area contributed by atoms with Gasteiger partial charge in [-0.3, -0.25) is 0 Å². The molecule has 0 nitrogen and oxygen atoms in total. The van der Waals surface area contributed by atoms with Crippen LogP contribution >= 0.6 is 0 Å². The molecule has 0 spiro atoms. The van der Waals surface area contributed by atoms with Gasteiger partial charge >= 0.3 is 0 Å². The maximum absolute atomic E-state index is 3.72. The van der Waals surface area contributed by atoms with Crippen LogP contribution in [0.4, 0.5) is 0 Å². The molecule has 3 aromatic rings. The summed E-state index contributed by atoms with van der Waals surface area (Å²) in [7, 11) is 0. The van der Waals surface area contributed by atoms with Gasteiger partial charge in [0.1, 0.15) is 0 Å². The van der Waals surface area contributed by atoms with Crippen LogP contribution in [0.2, 0.25) is 0 Å². The lowest BCUT2D eigenvalue weighted by Crippen LogP contribution is -2.26. The molecule has 4 rings (SSSR count). The van der Waals surface area contributed by atoms with Gasteiger partial charge in [0.15, 0.2) is 0 Å². The molecule has 0 bridgehead atoms. The van der Waals surface area contributed by atoms with Gasteiger partial charge in [0.2, 0.25) is 0 Å². The third-order valence-corrected chi connectivity index (χ3v) is 6.10. The second kappa shape index (κ2) is 9.62. The van der Waals surface area contributed by atoms with Crippen molar-refractivity contribution >= 4 is 12.2 Å². The van der Waals surface area contributed by atoms with Gasteiger partial charge in [-0.25, -0.2) is 0 Å². The van der Waals surface area contributed by atoms with E-state index >= 15 is 0 Å². The smallest absolute Gasteiger partial charge is 0.00204 e. The third kappa shape index (κ3) is 4.86. The Morgan fingerprint density at radius 1 is 0.839 bits per heavy atom. The molecule has 0 heterocycles. The molecule has 3 aromatic carbocycles. The monoisotopic (exact) mass is 402 g/mol. The average Bonchev–Trinajstić information content (AvgIpc) is 2.80. The first-order valence-corrected chi connectivity index (χ1v) is 11.1. The highest BCUT2D eigenvalue weighted by atomic mass is 14.1. The number of rotatable bonds is 6. The highest BCUT2D eigenvalue weighted by molar-refractivity contribution is 5.67. The van der Waals surface area contributed by atoms with E-state index in [2.05, 4.69) is 105 Å². The van der Waals surface area contributed by atoms with Crippen molar-refractivity contribution in [3.63, 3.8) is 0 Å². The molecule has 0 saturated heterocycles. The summed E-state index contributed by atoms with van der Waals surface area (Å²) in [5, 5.41) is 2.61. The first-order chi connectivity index (χ1) is 15.2. The van der Waals surface area contributed by atoms with Crippen LogP contribution in [-0.4, -0.2) is 0 Å². The summed E-state index contributed by atoms with van der Waals surface area (Å²) >= 11 is 0. The number of allylic oxidation sites excluding steroid dienone is 5. The van der Waals surface area contributed by atoms with Crippen LogP contribution in [0, 0.1) is 6.92 Å². The maximum atomic E-state index is 3.72. The summed E-state index contributed by atoms with van der Waals surface area (Å²) in [5.74, 6) is 0. The van der Waals surface area contributed by atoms with Gasteiger partial charge in [-0.2, -0.15) is 0 Å². The van der Waals surface area contributed by atoms with Crippen LogP contribution in [-0.2, 0) is 12.8 Å². The van der Waals surface area contributed by atoms with E-state index in [4.69, 9.17) is 0 Å². The fourth-order valence-electron chi connectivity index (χ4n) is 4.28. The van der Waals surface area contributed by atoms with Crippen LogP contribution in [0.15, 0.2) is 97.1 Å². The van der Waals surface area contributed by atoms with E-state index in [-0.39, 0.29) is 0 Å². The van der Waals surface area contributed by atoms with Crippen molar-refractivity contribution in [1.29, 1.82) is 0 Å². The number of hydrogen-bond donors (Lipinski definition) is 0. The minimum atomic E-state index is 0.965. The number of aryl methyl sites for hydroxylation is 2. The first-order valence-electron chi connectivity index (χ1n) is 11.1. The molecule has 0 saturated carbocycles. The molecule has 0 unspecified atom stereocenters. The van der Waals surface area contributed by atoms with E-state index in [9.17, 15) is 0 Å². The van der Waals surface area contributed by atoms with Crippen LogP contribution in [0.1, 0.15) is 35.6 Å². The van der Waals surface area contributed by atoms with Crippen LogP contribution in [0.5, 0.6) is 0 Å². The zero-order valence-electron chi connectivity index (χ0n) is 18.6. The molecule has 0 radical (unpaired) electrons. The summed E-state index contributed by atoms with van der Waals surface area (Å²) in [6.07, 6.45) is 15.6. The Bertz CT molecular complexity index is 1280. The lowest BCUT2D eigenvalue weighted by Gasteiger charge is -2.12.